The number of rotatable bonds is 4. The maximum Gasteiger partial charge on any atom is 0.318 e. The molecule has 0 bridgehead atoms. The van der Waals surface area contributed by atoms with Crippen molar-refractivity contribution < 1.29 is 4.79 Å². The van der Waals surface area contributed by atoms with Crippen molar-refractivity contribution in [3.05, 3.63) is 35.9 Å². The van der Waals surface area contributed by atoms with Gasteiger partial charge in [-0.25, -0.2) is 4.79 Å². The molecule has 0 saturated heterocycles. The Morgan fingerprint density at radius 1 is 1.24 bits per heavy atom. The number of allylic oxidation sites excluding steroid dienone is 2. The SMILES string of the molecule is CNC(=O)Nc1ccc(NCC2CC(C)=CC(C)C2)cc1. The molecule has 4 heteroatoms. The largest absolute Gasteiger partial charge is 0.385 e. The van der Waals surface area contributed by atoms with Crippen LogP contribution in [0.1, 0.15) is 26.7 Å². The molecule has 1 aliphatic rings. The van der Waals surface area contributed by atoms with E-state index in [1.165, 1.54) is 18.4 Å². The molecule has 2 amide bonds. The highest BCUT2D eigenvalue weighted by atomic mass is 16.2. The Labute approximate surface area is 127 Å². The van der Waals surface area contributed by atoms with Gasteiger partial charge in [-0.15, -0.1) is 0 Å². The van der Waals surface area contributed by atoms with Crippen molar-refractivity contribution in [2.24, 2.45) is 11.8 Å². The van der Waals surface area contributed by atoms with Gasteiger partial charge in [-0.2, -0.15) is 0 Å². The zero-order chi connectivity index (χ0) is 15.2. The molecule has 114 valence electrons. The molecule has 0 fully saturated rings. The number of hydrogen-bond donors (Lipinski definition) is 3. The van der Waals surface area contributed by atoms with Gasteiger partial charge in [0.25, 0.3) is 0 Å². The predicted octanol–water partition coefficient (Wildman–Crippen LogP) is 3.84. The number of carbonyl (C=O) groups excluding carboxylic acids is 1. The highest BCUT2D eigenvalue weighted by Gasteiger charge is 2.17. The maximum atomic E-state index is 11.2. The molecule has 4 nitrogen and oxygen atoms in total. The summed E-state index contributed by atoms with van der Waals surface area (Å²) >= 11 is 0. The van der Waals surface area contributed by atoms with E-state index in [0.29, 0.717) is 11.8 Å². The molecule has 2 unspecified atom stereocenters. The van der Waals surface area contributed by atoms with Crippen LogP contribution < -0.4 is 16.0 Å². The number of anilines is 2. The molecule has 0 spiro atoms. The summed E-state index contributed by atoms with van der Waals surface area (Å²) < 4.78 is 0. The van der Waals surface area contributed by atoms with Crippen molar-refractivity contribution in [2.75, 3.05) is 24.2 Å². The third-order valence-corrected chi connectivity index (χ3v) is 3.85. The molecule has 0 saturated carbocycles. The van der Waals surface area contributed by atoms with Crippen LogP contribution >= 0.6 is 0 Å². The second-order valence-electron chi connectivity index (χ2n) is 5.96. The molecule has 1 aromatic rings. The van der Waals surface area contributed by atoms with Crippen LogP contribution in [0.5, 0.6) is 0 Å². The first-order valence-corrected chi connectivity index (χ1v) is 7.56. The lowest BCUT2D eigenvalue weighted by Gasteiger charge is -2.26. The average molecular weight is 287 g/mol. The van der Waals surface area contributed by atoms with E-state index >= 15 is 0 Å². The molecule has 0 heterocycles. The zero-order valence-electron chi connectivity index (χ0n) is 13.1. The molecule has 3 N–H and O–H groups in total. The van der Waals surface area contributed by atoms with Gasteiger partial charge in [0.15, 0.2) is 0 Å². The highest BCUT2D eigenvalue weighted by Crippen LogP contribution is 2.28. The lowest BCUT2D eigenvalue weighted by Crippen LogP contribution is -2.24. The monoisotopic (exact) mass is 287 g/mol. The standard InChI is InChI=1S/C17H25N3O/c1-12-8-13(2)10-14(9-12)11-19-15-4-6-16(7-5-15)20-17(21)18-3/h4-8,12,14,19H,9-11H2,1-3H3,(H2,18,20,21). The van der Waals surface area contributed by atoms with Crippen molar-refractivity contribution in [1.82, 2.24) is 5.32 Å². The fourth-order valence-electron chi connectivity index (χ4n) is 2.97. The van der Waals surface area contributed by atoms with Gasteiger partial charge in [-0.3, -0.25) is 0 Å². The van der Waals surface area contributed by atoms with E-state index in [9.17, 15) is 4.79 Å². The molecule has 21 heavy (non-hydrogen) atoms. The first-order chi connectivity index (χ1) is 10.1. The van der Waals surface area contributed by atoms with Crippen LogP contribution in [0.3, 0.4) is 0 Å². The summed E-state index contributed by atoms with van der Waals surface area (Å²) in [7, 11) is 1.60. The number of urea groups is 1. The minimum atomic E-state index is -0.200. The molecule has 0 aliphatic heterocycles. The van der Waals surface area contributed by atoms with Gasteiger partial charge in [0.1, 0.15) is 0 Å². The second-order valence-corrected chi connectivity index (χ2v) is 5.96. The van der Waals surface area contributed by atoms with E-state index in [2.05, 4.69) is 35.9 Å². The molecule has 2 rings (SSSR count). The van der Waals surface area contributed by atoms with Gasteiger partial charge in [-0.1, -0.05) is 18.6 Å². The first-order valence-electron chi connectivity index (χ1n) is 7.56. The third kappa shape index (κ3) is 4.81. The molecule has 1 aliphatic carbocycles. The fraction of sp³-hybridized carbons (Fsp3) is 0.471. The Kier molecular flexibility index (Phi) is 5.26. The third-order valence-electron chi connectivity index (χ3n) is 3.85. The quantitative estimate of drug-likeness (QED) is 0.737. The van der Waals surface area contributed by atoms with Gasteiger partial charge in [-0.05, 0) is 55.9 Å². The van der Waals surface area contributed by atoms with E-state index in [1.54, 1.807) is 7.05 Å². The maximum absolute atomic E-state index is 11.2. The smallest absolute Gasteiger partial charge is 0.318 e. The zero-order valence-corrected chi connectivity index (χ0v) is 13.1. The topological polar surface area (TPSA) is 53.2 Å². The van der Waals surface area contributed by atoms with Crippen molar-refractivity contribution >= 4 is 17.4 Å². The lowest BCUT2D eigenvalue weighted by atomic mass is 9.84. The summed E-state index contributed by atoms with van der Waals surface area (Å²) in [5.41, 5.74) is 3.40. The van der Waals surface area contributed by atoms with E-state index in [4.69, 9.17) is 0 Å². The van der Waals surface area contributed by atoms with Crippen LogP contribution in [0.25, 0.3) is 0 Å². The predicted molar refractivity (Wildman–Crippen MR) is 88.7 cm³/mol. The summed E-state index contributed by atoms with van der Waals surface area (Å²) in [5.74, 6) is 1.39. The van der Waals surface area contributed by atoms with Crippen molar-refractivity contribution in [3.8, 4) is 0 Å². The van der Waals surface area contributed by atoms with Crippen molar-refractivity contribution in [2.45, 2.75) is 26.7 Å². The fourth-order valence-corrected chi connectivity index (χ4v) is 2.97. The Bertz CT molecular complexity index is 507. The van der Waals surface area contributed by atoms with E-state index < -0.39 is 0 Å². The van der Waals surface area contributed by atoms with Crippen LogP contribution in [-0.2, 0) is 0 Å². The summed E-state index contributed by atoms with van der Waals surface area (Å²) in [6.45, 7) is 5.51. The Morgan fingerprint density at radius 3 is 2.52 bits per heavy atom. The second kappa shape index (κ2) is 7.16. The number of hydrogen-bond acceptors (Lipinski definition) is 2. The summed E-state index contributed by atoms with van der Waals surface area (Å²) in [6.07, 6.45) is 4.82. The molecule has 0 aromatic heterocycles. The lowest BCUT2D eigenvalue weighted by molar-refractivity contribution is 0.254. The van der Waals surface area contributed by atoms with E-state index in [-0.39, 0.29) is 6.03 Å². The van der Waals surface area contributed by atoms with Gasteiger partial charge < -0.3 is 16.0 Å². The summed E-state index contributed by atoms with van der Waals surface area (Å²) in [6, 6.07) is 7.62. The molecular weight excluding hydrogens is 262 g/mol. The van der Waals surface area contributed by atoms with Gasteiger partial charge in [0, 0.05) is 25.0 Å². The Balaban J connectivity index is 1.84. The summed E-state index contributed by atoms with van der Waals surface area (Å²) in [5, 5.41) is 8.78. The minimum absolute atomic E-state index is 0.200. The average Bonchev–Trinajstić information content (AvgIpc) is 2.45. The molecular formula is C17H25N3O. The first kappa shape index (κ1) is 15.4. The van der Waals surface area contributed by atoms with Gasteiger partial charge in [0.05, 0.1) is 0 Å². The minimum Gasteiger partial charge on any atom is -0.385 e. The number of nitrogens with one attached hydrogen (secondary N) is 3. The Hall–Kier alpha value is -1.97. The van der Waals surface area contributed by atoms with Gasteiger partial charge >= 0.3 is 6.03 Å². The van der Waals surface area contributed by atoms with Crippen molar-refractivity contribution in [1.29, 1.82) is 0 Å². The number of carbonyl (C=O) groups is 1. The molecule has 2 atom stereocenters. The van der Waals surface area contributed by atoms with Crippen molar-refractivity contribution in [3.63, 3.8) is 0 Å². The van der Waals surface area contributed by atoms with Crippen LogP contribution in [0.4, 0.5) is 16.2 Å². The van der Waals surface area contributed by atoms with Gasteiger partial charge in [0.2, 0.25) is 0 Å². The normalized spacial score (nSPS) is 21.4. The van der Waals surface area contributed by atoms with Crippen LogP contribution in [-0.4, -0.2) is 19.6 Å². The highest BCUT2D eigenvalue weighted by molar-refractivity contribution is 5.89. The molecule has 1 aromatic carbocycles. The van der Waals surface area contributed by atoms with E-state index in [1.807, 2.05) is 24.3 Å². The number of benzene rings is 1. The van der Waals surface area contributed by atoms with Crippen LogP contribution in [0.2, 0.25) is 0 Å². The van der Waals surface area contributed by atoms with Crippen LogP contribution in [0.15, 0.2) is 35.9 Å². The van der Waals surface area contributed by atoms with E-state index in [0.717, 1.165) is 17.9 Å². The number of amides is 2. The Morgan fingerprint density at radius 2 is 1.90 bits per heavy atom. The summed E-state index contributed by atoms with van der Waals surface area (Å²) in [4.78, 5) is 11.2. The molecule has 0 radical (unpaired) electrons. The van der Waals surface area contributed by atoms with Crippen LogP contribution in [0, 0.1) is 11.8 Å².